The maximum absolute atomic E-state index is 10.9. The first-order valence-corrected chi connectivity index (χ1v) is 5.60. The van der Waals surface area contributed by atoms with Crippen molar-refractivity contribution in [2.75, 3.05) is 67.4 Å². The fourth-order valence-electron chi connectivity index (χ4n) is 1.05. The van der Waals surface area contributed by atoms with Gasteiger partial charge in [-0.3, -0.25) is 9.69 Å². The smallest absolute Gasteiger partial charge is 0.319 e. The van der Waals surface area contributed by atoms with E-state index in [1.54, 1.807) is 7.11 Å². The molecule has 0 amide bonds. The Balaban J connectivity index is 3.19. The van der Waals surface area contributed by atoms with Crippen molar-refractivity contribution in [3.8, 4) is 0 Å². The maximum atomic E-state index is 10.9. The Labute approximate surface area is 103 Å². The van der Waals surface area contributed by atoms with Crippen LogP contribution in [-0.4, -0.2) is 78.3 Å². The number of hydrogen-bond donors (Lipinski definition) is 0. The molecule has 0 aromatic heterocycles. The third-order valence-electron chi connectivity index (χ3n) is 2.05. The molecule has 0 N–H and O–H groups in total. The first-order valence-electron chi connectivity index (χ1n) is 5.60. The summed E-state index contributed by atoms with van der Waals surface area (Å²) in [6.07, 6.45) is 0. The Kier molecular flexibility index (Phi) is 11.3. The van der Waals surface area contributed by atoms with Crippen LogP contribution in [-0.2, 0) is 23.7 Å². The van der Waals surface area contributed by atoms with Gasteiger partial charge in [-0.15, -0.1) is 0 Å². The average molecular weight is 249 g/mol. The van der Waals surface area contributed by atoms with Gasteiger partial charge in [0.1, 0.15) is 0 Å². The number of ether oxygens (including phenoxy) is 4. The molecule has 0 aromatic carbocycles. The third-order valence-corrected chi connectivity index (χ3v) is 2.05. The second-order valence-electron chi connectivity index (χ2n) is 3.53. The van der Waals surface area contributed by atoms with Crippen LogP contribution in [0.4, 0.5) is 0 Å². The minimum Gasteiger partial charge on any atom is -0.468 e. The van der Waals surface area contributed by atoms with Crippen LogP contribution in [0.5, 0.6) is 0 Å². The molecule has 0 spiro atoms. The van der Waals surface area contributed by atoms with Crippen molar-refractivity contribution >= 4 is 5.97 Å². The largest absolute Gasteiger partial charge is 0.468 e. The standard InChI is InChI=1S/C11H23NO5/c1-12(10-11(13)15-3)4-5-16-8-9-17-7-6-14-2/h4-10H2,1-3H3. The maximum Gasteiger partial charge on any atom is 0.319 e. The lowest BCUT2D eigenvalue weighted by atomic mass is 10.5. The number of carbonyl (C=O) groups is 1. The van der Waals surface area contributed by atoms with Gasteiger partial charge in [0, 0.05) is 13.7 Å². The molecule has 0 saturated heterocycles. The van der Waals surface area contributed by atoms with Crippen LogP contribution >= 0.6 is 0 Å². The Hall–Kier alpha value is -0.690. The van der Waals surface area contributed by atoms with E-state index in [4.69, 9.17) is 14.2 Å². The van der Waals surface area contributed by atoms with Crippen LogP contribution in [0.3, 0.4) is 0 Å². The number of nitrogens with zero attached hydrogens (tertiary/aromatic N) is 1. The van der Waals surface area contributed by atoms with Crippen LogP contribution in [0.25, 0.3) is 0 Å². The minimum atomic E-state index is -0.240. The highest BCUT2D eigenvalue weighted by Gasteiger charge is 2.05. The zero-order valence-corrected chi connectivity index (χ0v) is 10.9. The fourth-order valence-corrected chi connectivity index (χ4v) is 1.05. The van der Waals surface area contributed by atoms with Crippen LogP contribution in [0.2, 0.25) is 0 Å². The van der Waals surface area contributed by atoms with Gasteiger partial charge in [0.15, 0.2) is 0 Å². The molecule has 0 unspecified atom stereocenters. The van der Waals surface area contributed by atoms with Crippen molar-refractivity contribution in [2.45, 2.75) is 0 Å². The molecule has 0 aromatic rings. The van der Waals surface area contributed by atoms with E-state index in [9.17, 15) is 4.79 Å². The number of methoxy groups -OCH3 is 2. The van der Waals surface area contributed by atoms with E-state index in [1.165, 1.54) is 7.11 Å². The molecule has 102 valence electrons. The molecular weight excluding hydrogens is 226 g/mol. The average Bonchev–Trinajstić information content (AvgIpc) is 2.32. The van der Waals surface area contributed by atoms with E-state index in [0.717, 1.165) is 0 Å². The van der Waals surface area contributed by atoms with Crippen molar-refractivity contribution in [3.05, 3.63) is 0 Å². The Morgan fingerprint density at radius 2 is 1.59 bits per heavy atom. The Morgan fingerprint density at radius 1 is 1.00 bits per heavy atom. The second-order valence-corrected chi connectivity index (χ2v) is 3.53. The quantitative estimate of drug-likeness (QED) is 0.372. The van der Waals surface area contributed by atoms with Gasteiger partial charge < -0.3 is 18.9 Å². The monoisotopic (exact) mass is 249 g/mol. The van der Waals surface area contributed by atoms with E-state index in [0.29, 0.717) is 39.6 Å². The normalized spacial score (nSPS) is 10.8. The van der Waals surface area contributed by atoms with Gasteiger partial charge in [0.25, 0.3) is 0 Å². The minimum absolute atomic E-state index is 0.240. The van der Waals surface area contributed by atoms with Gasteiger partial charge >= 0.3 is 5.97 Å². The first-order chi connectivity index (χ1) is 8.20. The molecule has 0 saturated carbocycles. The van der Waals surface area contributed by atoms with E-state index in [1.807, 2.05) is 11.9 Å². The summed E-state index contributed by atoms with van der Waals surface area (Å²) in [5, 5.41) is 0. The molecule has 0 aliphatic rings. The highest BCUT2D eigenvalue weighted by atomic mass is 16.5. The van der Waals surface area contributed by atoms with Crippen molar-refractivity contribution in [1.82, 2.24) is 4.90 Å². The molecule has 6 heteroatoms. The number of carbonyl (C=O) groups excluding carboxylic acids is 1. The van der Waals surface area contributed by atoms with Crippen molar-refractivity contribution < 1.29 is 23.7 Å². The van der Waals surface area contributed by atoms with Gasteiger partial charge in [-0.25, -0.2) is 0 Å². The number of hydrogen-bond acceptors (Lipinski definition) is 6. The highest BCUT2D eigenvalue weighted by Crippen LogP contribution is 1.86. The molecule has 0 fully saturated rings. The lowest BCUT2D eigenvalue weighted by molar-refractivity contribution is -0.141. The summed E-state index contributed by atoms with van der Waals surface area (Å²) in [4.78, 5) is 12.8. The number of likely N-dealkylation sites (N-methyl/N-ethyl adjacent to an activating group) is 1. The summed E-state index contributed by atoms with van der Waals surface area (Å²) in [6, 6.07) is 0. The zero-order chi connectivity index (χ0) is 12.9. The molecule has 17 heavy (non-hydrogen) atoms. The predicted molar refractivity (Wildman–Crippen MR) is 63.0 cm³/mol. The molecule has 6 nitrogen and oxygen atoms in total. The molecular formula is C11H23NO5. The van der Waals surface area contributed by atoms with Gasteiger partial charge in [-0.05, 0) is 7.05 Å². The van der Waals surface area contributed by atoms with E-state index in [2.05, 4.69) is 4.74 Å². The van der Waals surface area contributed by atoms with Gasteiger partial charge in [-0.2, -0.15) is 0 Å². The topological polar surface area (TPSA) is 57.2 Å². The molecule has 0 aliphatic heterocycles. The number of esters is 1. The van der Waals surface area contributed by atoms with Crippen molar-refractivity contribution in [1.29, 1.82) is 0 Å². The fraction of sp³-hybridized carbons (Fsp3) is 0.909. The van der Waals surface area contributed by atoms with Crippen molar-refractivity contribution in [2.24, 2.45) is 0 Å². The molecule has 0 radical (unpaired) electrons. The van der Waals surface area contributed by atoms with E-state index in [-0.39, 0.29) is 12.5 Å². The second kappa shape index (κ2) is 11.8. The predicted octanol–water partition coefficient (Wildman–Crippen LogP) is -0.229. The summed E-state index contributed by atoms with van der Waals surface area (Å²) >= 11 is 0. The molecule has 0 heterocycles. The van der Waals surface area contributed by atoms with Crippen LogP contribution in [0.15, 0.2) is 0 Å². The Bertz CT molecular complexity index is 189. The summed E-state index contributed by atoms with van der Waals surface area (Å²) < 4.78 is 19.9. The SMILES string of the molecule is COCCOCCOCCN(C)CC(=O)OC. The zero-order valence-electron chi connectivity index (χ0n) is 10.9. The molecule has 0 bridgehead atoms. The molecule has 0 atom stereocenters. The summed E-state index contributed by atoms with van der Waals surface area (Å²) in [7, 11) is 4.86. The third kappa shape index (κ3) is 11.6. The summed E-state index contributed by atoms with van der Waals surface area (Å²) in [6.45, 7) is 3.84. The van der Waals surface area contributed by atoms with Crippen LogP contribution < -0.4 is 0 Å². The highest BCUT2D eigenvalue weighted by molar-refractivity contribution is 5.71. The number of rotatable bonds is 11. The Morgan fingerprint density at radius 3 is 2.18 bits per heavy atom. The van der Waals surface area contributed by atoms with Crippen molar-refractivity contribution in [3.63, 3.8) is 0 Å². The first kappa shape index (κ1) is 16.3. The lowest BCUT2D eigenvalue weighted by Crippen LogP contribution is -2.30. The van der Waals surface area contributed by atoms with Crippen LogP contribution in [0, 0.1) is 0 Å². The van der Waals surface area contributed by atoms with E-state index < -0.39 is 0 Å². The molecule has 0 rings (SSSR count). The van der Waals surface area contributed by atoms with E-state index >= 15 is 0 Å². The van der Waals surface area contributed by atoms with Gasteiger partial charge in [0.05, 0.1) is 46.7 Å². The summed E-state index contributed by atoms with van der Waals surface area (Å²) in [5.41, 5.74) is 0. The van der Waals surface area contributed by atoms with Gasteiger partial charge in [-0.1, -0.05) is 0 Å². The summed E-state index contributed by atoms with van der Waals surface area (Å²) in [5.74, 6) is -0.240. The van der Waals surface area contributed by atoms with Gasteiger partial charge in [0.2, 0.25) is 0 Å². The lowest BCUT2D eigenvalue weighted by Gasteiger charge is -2.14. The van der Waals surface area contributed by atoms with Crippen LogP contribution in [0.1, 0.15) is 0 Å². The molecule has 0 aliphatic carbocycles.